The average molecular weight is 242 g/mol. The molecule has 0 spiro atoms. The van der Waals surface area contributed by atoms with Crippen molar-refractivity contribution >= 4 is 17.9 Å². The molecule has 0 bridgehead atoms. The van der Waals surface area contributed by atoms with Crippen LogP contribution in [0, 0.1) is 0 Å². The summed E-state index contributed by atoms with van der Waals surface area (Å²) in [5.41, 5.74) is 0. The fourth-order valence-electron chi connectivity index (χ4n) is 1.48. The van der Waals surface area contributed by atoms with Crippen molar-refractivity contribution in [2.24, 2.45) is 0 Å². The van der Waals surface area contributed by atoms with Gasteiger partial charge in [0.15, 0.2) is 0 Å². The minimum Gasteiger partial charge on any atom is -0.478 e. The maximum absolute atomic E-state index is 11.5. The van der Waals surface area contributed by atoms with Gasteiger partial charge in [-0.25, -0.2) is 9.59 Å². The number of nitrogens with one attached hydrogen (secondary N) is 1. The molecule has 1 unspecified atom stereocenters. The number of likely N-dealkylation sites (tertiary alicyclic amines) is 1. The van der Waals surface area contributed by atoms with Crippen molar-refractivity contribution in [2.75, 3.05) is 20.2 Å². The van der Waals surface area contributed by atoms with E-state index < -0.39 is 17.9 Å². The first-order chi connectivity index (χ1) is 8.02. The van der Waals surface area contributed by atoms with Gasteiger partial charge < -0.3 is 14.7 Å². The SMILES string of the molecule is COC1CCN(C(=O)NC(=O)/C=C/C(=O)O)C1. The Morgan fingerprint density at radius 3 is 2.65 bits per heavy atom. The van der Waals surface area contributed by atoms with Crippen LogP contribution in [-0.2, 0) is 14.3 Å². The van der Waals surface area contributed by atoms with Gasteiger partial charge in [0, 0.05) is 32.4 Å². The molecule has 0 aliphatic carbocycles. The van der Waals surface area contributed by atoms with E-state index in [0.717, 1.165) is 12.5 Å². The highest BCUT2D eigenvalue weighted by molar-refractivity contribution is 6.02. The highest BCUT2D eigenvalue weighted by Crippen LogP contribution is 2.11. The molecule has 1 atom stereocenters. The molecule has 0 radical (unpaired) electrons. The molecule has 1 fully saturated rings. The molecule has 7 heteroatoms. The van der Waals surface area contributed by atoms with Crippen molar-refractivity contribution in [1.29, 1.82) is 0 Å². The van der Waals surface area contributed by atoms with E-state index in [1.807, 2.05) is 0 Å². The maximum Gasteiger partial charge on any atom is 0.328 e. The Kier molecular flexibility index (Phi) is 4.65. The third-order valence-corrected chi connectivity index (χ3v) is 2.37. The lowest BCUT2D eigenvalue weighted by atomic mass is 10.3. The van der Waals surface area contributed by atoms with Crippen LogP contribution in [0.3, 0.4) is 0 Å². The summed E-state index contributed by atoms with van der Waals surface area (Å²) in [4.78, 5) is 34.2. The number of carbonyl (C=O) groups excluding carboxylic acids is 2. The van der Waals surface area contributed by atoms with E-state index in [0.29, 0.717) is 19.2 Å². The summed E-state index contributed by atoms with van der Waals surface area (Å²) in [7, 11) is 1.56. The molecule has 1 aliphatic heterocycles. The molecule has 0 saturated carbocycles. The number of hydrogen-bond donors (Lipinski definition) is 2. The van der Waals surface area contributed by atoms with Gasteiger partial charge in [0.05, 0.1) is 6.10 Å². The Bertz CT molecular complexity index is 353. The number of ether oxygens (including phenoxy) is 1. The second-order valence-corrected chi connectivity index (χ2v) is 3.56. The molecular formula is C10H14N2O5. The Labute approximate surface area is 98.0 Å². The van der Waals surface area contributed by atoms with Crippen molar-refractivity contribution in [3.05, 3.63) is 12.2 Å². The molecule has 1 heterocycles. The second-order valence-electron chi connectivity index (χ2n) is 3.56. The minimum atomic E-state index is -1.24. The molecule has 0 aromatic carbocycles. The van der Waals surface area contributed by atoms with Gasteiger partial charge in [-0.3, -0.25) is 10.1 Å². The standard InChI is InChI=1S/C10H14N2O5/c1-17-7-4-5-12(6-7)10(16)11-8(13)2-3-9(14)15/h2-3,7H,4-6H2,1H3,(H,14,15)(H,11,13,16)/b3-2+. The number of carbonyl (C=O) groups is 3. The van der Waals surface area contributed by atoms with Crippen molar-refractivity contribution < 1.29 is 24.2 Å². The summed E-state index contributed by atoms with van der Waals surface area (Å²) in [5.74, 6) is -1.99. The molecule has 1 rings (SSSR count). The number of hydrogen-bond acceptors (Lipinski definition) is 4. The van der Waals surface area contributed by atoms with E-state index in [2.05, 4.69) is 5.32 Å². The van der Waals surface area contributed by atoms with Crippen LogP contribution in [0.15, 0.2) is 12.2 Å². The van der Waals surface area contributed by atoms with Gasteiger partial charge in [0.1, 0.15) is 0 Å². The Hall–Kier alpha value is -1.89. The van der Waals surface area contributed by atoms with E-state index in [1.165, 1.54) is 4.90 Å². The number of carboxylic acids is 1. The average Bonchev–Trinajstić information content (AvgIpc) is 2.74. The van der Waals surface area contributed by atoms with E-state index in [4.69, 9.17) is 9.84 Å². The van der Waals surface area contributed by atoms with Crippen LogP contribution in [0.1, 0.15) is 6.42 Å². The summed E-state index contributed by atoms with van der Waals surface area (Å²) < 4.78 is 5.08. The Morgan fingerprint density at radius 1 is 1.41 bits per heavy atom. The normalized spacial score (nSPS) is 19.6. The maximum atomic E-state index is 11.5. The van der Waals surface area contributed by atoms with Gasteiger partial charge in [-0.15, -0.1) is 0 Å². The van der Waals surface area contributed by atoms with Crippen LogP contribution in [0.25, 0.3) is 0 Å². The van der Waals surface area contributed by atoms with E-state index in [-0.39, 0.29) is 6.10 Å². The quantitative estimate of drug-likeness (QED) is 0.655. The zero-order chi connectivity index (χ0) is 12.8. The lowest BCUT2D eigenvalue weighted by Gasteiger charge is -2.15. The predicted octanol–water partition coefficient (Wildman–Crippen LogP) is -0.416. The molecule has 3 amide bonds. The Balaban J connectivity index is 2.39. The fourth-order valence-corrected chi connectivity index (χ4v) is 1.48. The van der Waals surface area contributed by atoms with Gasteiger partial charge in [-0.2, -0.15) is 0 Å². The first kappa shape index (κ1) is 13.2. The number of rotatable bonds is 3. The third-order valence-electron chi connectivity index (χ3n) is 2.37. The van der Waals surface area contributed by atoms with E-state index in [9.17, 15) is 14.4 Å². The topological polar surface area (TPSA) is 95.9 Å². The number of imide groups is 1. The minimum absolute atomic E-state index is 0.00888. The largest absolute Gasteiger partial charge is 0.478 e. The second kappa shape index (κ2) is 6.00. The van der Waals surface area contributed by atoms with Crippen molar-refractivity contribution in [3.63, 3.8) is 0 Å². The molecule has 0 aromatic rings. The number of amides is 3. The Morgan fingerprint density at radius 2 is 2.12 bits per heavy atom. The van der Waals surface area contributed by atoms with Gasteiger partial charge in [-0.1, -0.05) is 0 Å². The first-order valence-electron chi connectivity index (χ1n) is 5.06. The van der Waals surface area contributed by atoms with Crippen LogP contribution in [0.4, 0.5) is 4.79 Å². The molecule has 1 saturated heterocycles. The smallest absolute Gasteiger partial charge is 0.328 e. The summed E-state index contributed by atoms with van der Waals surface area (Å²) in [5, 5.41) is 10.4. The summed E-state index contributed by atoms with van der Waals surface area (Å²) in [6.45, 7) is 0.943. The van der Waals surface area contributed by atoms with Crippen LogP contribution < -0.4 is 5.32 Å². The van der Waals surface area contributed by atoms with Crippen LogP contribution in [0.2, 0.25) is 0 Å². The van der Waals surface area contributed by atoms with E-state index >= 15 is 0 Å². The number of aliphatic carboxylic acids is 1. The van der Waals surface area contributed by atoms with Crippen molar-refractivity contribution in [3.8, 4) is 0 Å². The molecule has 2 N–H and O–H groups in total. The highest BCUT2D eigenvalue weighted by Gasteiger charge is 2.26. The molecule has 0 aromatic heterocycles. The zero-order valence-corrected chi connectivity index (χ0v) is 9.38. The van der Waals surface area contributed by atoms with Crippen LogP contribution >= 0.6 is 0 Å². The summed E-state index contributed by atoms with van der Waals surface area (Å²) >= 11 is 0. The van der Waals surface area contributed by atoms with Gasteiger partial charge in [0.25, 0.3) is 5.91 Å². The van der Waals surface area contributed by atoms with Gasteiger partial charge in [0.2, 0.25) is 0 Å². The number of methoxy groups -OCH3 is 1. The van der Waals surface area contributed by atoms with Crippen LogP contribution in [-0.4, -0.2) is 54.2 Å². The van der Waals surface area contributed by atoms with Gasteiger partial charge >= 0.3 is 12.0 Å². The van der Waals surface area contributed by atoms with E-state index in [1.54, 1.807) is 7.11 Å². The monoisotopic (exact) mass is 242 g/mol. The number of nitrogens with zero attached hydrogens (tertiary/aromatic N) is 1. The highest BCUT2D eigenvalue weighted by atomic mass is 16.5. The fraction of sp³-hybridized carbons (Fsp3) is 0.500. The molecule has 94 valence electrons. The summed E-state index contributed by atoms with van der Waals surface area (Å²) in [6, 6.07) is -0.537. The predicted molar refractivity (Wildman–Crippen MR) is 57.3 cm³/mol. The molecule has 17 heavy (non-hydrogen) atoms. The number of urea groups is 1. The lowest BCUT2D eigenvalue weighted by molar-refractivity contribution is -0.131. The van der Waals surface area contributed by atoms with Crippen molar-refractivity contribution in [1.82, 2.24) is 10.2 Å². The molecule has 1 aliphatic rings. The molecular weight excluding hydrogens is 228 g/mol. The van der Waals surface area contributed by atoms with Crippen molar-refractivity contribution in [2.45, 2.75) is 12.5 Å². The summed E-state index contributed by atoms with van der Waals surface area (Å²) in [6.07, 6.45) is 2.18. The number of carboxylic acid groups (broad SMARTS) is 1. The lowest BCUT2D eigenvalue weighted by Crippen LogP contribution is -2.41. The first-order valence-corrected chi connectivity index (χ1v) is 5.06. The third kappa shape index (κ3) is 4.23. The van der Waals surface area contributed by atoms with Crippen LogP contribution in [0.5, 0.6) is 0 Å². The zero-order valence-electron chi connectivity index (χ0n) is 9.38. The molecule has 7 nitrogen and oxygen atoms in total. The van der Waals surface area contributed by atoms with Gasteiger partial charge in [-0.05, 0) is 6.42 Å².